The molecule has 0 spiro atoms. The largest absolute Gasteiger partial charge is 0.478 e. The van der Waals surface area contributed by atoms with Crippen molar-refractivity contribution in [1.82, 2.24) is 4.98 Å². The highest BCUT2D eigenvalue weighted by Gasteiger charge is 2.13. The molecule has 1 aromatic heterocycles. The van der Waals surface area contributed by atoms with E-state index in [4.69, 9.17) is 16.7 Å². The summed E-state index contributed by atoms with van der Waals surface area (Å²) in [5.74, 6) is -0.654. The summed E-state index contributed by atoms with van der Waals surface area (Å²) in [4.78, 5) is 14.0. The number of aromatic amines is 1. The van der Waals surface area contributed by atoms with Crippen molar-refractivity contribution >= 4 is 28.5 Å². The zero-order valence-electron chi connectivity index (χ0n) is 9.04. The molecule has 0 radical (unpaired) electrons. The molecule has 0 bridgehead atoms. The van der Waals surface area contributed by atoms with Crippen molar-refractivity contribution < 1.29 is 9.90 Å². The van der Waals surface area contributed by atoms with Crippen LogP contribution in [0.1, 0.15) is 35.8 Å². The van der Waals surface area contributed by atoms with Crippen molar-refractivity contribution in [3.8, 4) is 0 Å². The Hall–Kier alpha value is -1.48. The van der Waals surface area contributed by atoms with E-state index in [-0.39, 0.29) is 11.5 Å². The summed E-state index contributed by atoms with van der Waals surface area (Å²) in [6, 6.07) is 4.92. The van der Waals surface area contributed by atoms with Crippen molar-refractivity contribution in [2.75, 3.05) is 0 Å². The Morgan fingerprint density at radius 3 is 2.69 bits per heavy atom. The van der Waals surface area contributed by atoms with Gasteiger partial charge in [0.05, 0.1) is 10.6 Å². The Morgan fingerprint density at radius 1 is 1.44 bits per heavy atom. The molecule has 2 N–H and O–H groups in total. The predicted octanol–water partition coefficient (Wildman–Crippen LogP) is 3.64. The molecule has 0 atom stereocenters. The molecule has 4 heteroatoms. The summed E-state index contributed by atoms with van der Waals surface area (Å²) in [6.45, 7) is 4.07. The molecule has 0 unspecified atom stereocenters. The zero-order chi connectivity index (χ0) is 11.9. The topological polar surface area (TPSA) is 53.1 Å². The minimum absolute atomic E-state index is 0.253. The number of halogens is 1. The fourth-order valence-electron chi connectivity index (χ4n) is 1.71. The summed E-state index contributed by atoms with van der Waals surface area (Å²) < 4.78 is 0. The van der Waals surface area contributed by atoms with Crippen LogP contribution in [0.2, 0.25) is 5.02 Å². The monoisotopic (exact) mass is 237 g/mol. The van der Waals surface area contributed by atoms with Gasteiger partial charge in [0.1, 0.15) is 0 Å². The van der Waals surface area contributed by atoms with Gasteiger partial charge < -0.3 is 10.1 Å². The number of H-pyrrole nitrogens is 1. The molecule has 0 aliphatic carbocycles. The van der Waals surface area contributed by atoms with Crippen LogP contribution >= 0.6 is 11.6 Å². The minimum atomic E-state index is -0.940. The molecule has 0 saturated heterocycles. The number of carboxylic acid groups (broad SMARTS) is 1. The summed E-state index contributed by atoms with van der Waals surface area (Å²) in [5.41, 5.74) is 2.07. The summed E-state index contributed by atoms with van der Waals surface area (Å²) in [5, 5.41) is 10.3. The van der Waals surface area contributed by atoms with E-state index in [1.807, 2.05) is 13.8 Å². The Bertz CT molecular complexity index is 557. The van der Waals surface area contributed by atoms with Gasteiger partial charge in [0, 0.05) is 16.6 Å². The number of aromatic nitrogens is 1. The lowest BCUT2D eigenvalue weighted by atomic mass is 10.1. The van der Waals surface area contributed by atoms with Gasteiger partial charge in [-0.1, -0.05) is 25.4 Å². The summed E-state index contributed by atoms with van der Waals surface area (Å²) >= 11 is 6.20. The van der Waals surface area contributed by atoms with Gasteiger partial charge >= 0.3 is 5.97 Å². The zero-order valence-corrected chi connectivity index (χ0v) is 9.80. The molecule has 1 aromatic carbocycles. The second-order valence-corrected chi connectivity index (χ2v) is 4.45. The number of benzene rings is 1. The van der Waals surface area contributed by atoms with E-state index in [9.17, 15) is 4.79 Å². The third kappa shape index (κ3) is 1.67. The molecule has 84 valence electrons. The second kappa shape index (κ2) is 3.83. The van der Waals surface area contributed by atoms with Crippen molar-refractivity contribution in [3.63, 3.8) is 0 Å². The number of carbonyl (C=O) groups is 1. The Kier molecular flexibility index (Phi) is 2.64. The van der Waals surface area contributed by atoms with E-state index in [1.54, 1.807) is 18.2 Å². The number of aromatic carboxylic acids is 1. The van der Waals surface area contributed by atoms with E-state index < -0.39 is 5.97 Å². The summed E-state index contributed by atoms with van der Waals surface area (Å²) in [7, 11) is 0. The first-order valence-corrected chi connectivity index (χ1v) is 5.43. The van der Waals surface area contributed by atoms with Crippen molar-refractivity contribution in [2.24, 2.45) is 0 Å². The van der Waals surface area contributed by atoms with Gasteiger partial charge in [0.25, 0.3) is 0 Å². The van der Waals surface area contributed by atoms with E-state index in [2.05, 4.69) is 4.98 Å². The molecule has 0 aliphatic rings. The van der Waals surface area contributed by atoms with Gasteiger partial charge in [-0.15, -0.1) is 0 Å². The van der Waals surface area contributed by atoms with Crippen molar-refractivity contribution in [3.05, 3.63) is 34.5 Å². The Balaban J connectivity index is 2.69. The number of fused-ring (bicyclic) bond motifs is 1. The van der Waals surface area contributed by atoms with Crippen LogP contribution in [-0.4, -0.2) is 16.1 Å². The average Bonchev–Trinajstić information content (AvgIpc) is 2.56. The smallest absolute Gasteiger partial charge is 0.335 e. The number of rotatable bonds is 2. The first-order valence-electron chi connectivity index (χ1n) is 5.05. The van der Waals surface area contributed by atoms with Gasteiger partial charge in [-0.2, -0.15) is 0 Å². The van der Waals surface area contributed by atoms with Crippen LogP contribution in [0.5, 0.6) is 0 Å². The van der Waals surface area contributed by atoms with Crippen molar-refractivity contribution in [1.29, 1.82) is 0 Å². The van der Waals surface area contributed by atoms with Gasteiger partial charge in [-0.25, -0.2) is 4.79 Å². The van der Waals surface area contributed by atoms with Gasteiger partial charge in [-0.3, -0.25) is 0 Å². The number of nitrogens with one attached hydrogen (secondary N) is 1. The molecule has 16 heavy (non-hydrogen) atoms. The summed E-state index contributed by atoms with van der Waals surface area (Å²) in [6.07, 6.45) is 0. The van der Waals surface area contributed by atoms with Crippen LogP contribution in [0, 0.1) is 0 Å². The van der Waals surface area contributed by atoms with Crippen LogP contribution in [0.4, 0.5) is 0 Å². The lowest BCUT2D eigenvalue weighted by Gasteiger charge is -2.00. The van der Waals surface area contributed by atoms with Crippen LogP contribution in [-0.2, 0) is 0 Å². The van der Waals surface area contributed by atoms with E-state index in [0.717, 1.165) is 16.6 Å². The maximum absolute atomic E-state index is 10.8. The SMILES string of the molecule is CC(C)c1[nH]c2ccc(C(=O)O)cc2c1Cl. The van der Waals surface area contributed by atoms with E-state index in [0.29, 0.717) is 5.02 Å². The lowest BCUT2D eigenvalue weighted by Crippen LogP contribution is -1.94. The third-order valence-corrected chi connectivity index (χ3v) is 2.99. The molecule has 1 heterocycles. The molecular weight excluding hydrogens is 226 g/mol. The maximum atomic E-state index is 10.8. The number of hydrogen-bond acceptors (Lipinski definition) is 1. The highest BCUT2D eigenvalue weighted by atomic mass is 35.5. The van der Waals surface area contributed by atoms with Gasteiger partial charge in [-0.05, 0) is 24.1 Å². The molecule has 3 nitrogen and oxygen atoms in total. The van der Waals surface area contributed by atoms with Crippen LogP contribution in [0.3, 0.4) is 0 Å². The first-order chi connectivity index (χ1) is 7.50. The average molecular weight is 238 g/mol. The second-order valence-electron chi connectivity index (χ2n) is 4.07. The fourth-order valence-corrected chi connectivity index (χ4v) is 2.13. The minimum Gasteiger partial charge on any atom is -0.478 e. The number of carboxylic acids is 1. The Labute approximate surface area is 98.0 Å². The predicted molar refractivity (Wildman–Crippen MR) is 64.4 cm³/mol. The normalized spacial score (nSPS) is 11.2. The standard InChI is InChI=1S/C12H12ClNO2/c1-6(2)11-10(13)8-5-7(12(15)16)3-4-9(8)14-11/h3-6,14H,1-2H3,(H,15,16). The molecule has 0 fully saturated rings. The highest BCUT2D eigenvalue weighted by molar-refractivity contribution is 6.36. The molecular formula is C12H12ClNO2. The van der Waals surface area contributed by atoms with Crippen LogP contribution in [0.15, 0.2) is 18.2 Å². The van der Waals surface area contributed by atoms with E-state index >= 15 is 0 Å². The maximum Gasteiger partial charge on any atom is 0.335 e. The quantitative estimate of drug-likeness (QED) is 0.838. The first kappa shape index (κ1) is 11.0. The number of hydrogen-bond donors (Lipinski definition) is 2. The van der Waals surface area contributed by atoms with Gasteiger partial charge in [0.2, 0.25) is 0 Å². The van der Waals surface area contributed by atoms with Crippen molar-refractivity contribution in [2.45, 2.75) is 19.8 Å². The lowest BCUT2D eigenvalue weighted by molar-refractivity contribution is 0.0697. The molecule has 0 amide bonds. The molecule has 2 aromatic rings. The van der Waals surface area contributed by atoms with Crippen LogP contribution < -0.4 is 0 Å². The highest BCUT2D eigenvalue weighted by Crippen LogP contribution is 2.32. The molecule has 2 rings (SSSR count). The van der Waals surface area contributed by atoms with Crippen LogP contribution in [0.25, 0.3) is 10.9 Å². The molecule has 0 aliphatic heterocycles. The fraction of sp³-hybridized carbons (Fsp3) is 0.250. The molecule has 0 saturated carbocycles. The van der Waals surface area contributed by atoms with Gasteiger partial charge in [0.15, 0.2) is 0 Å². The third-order valence-electron chi connectivity index (χ3n) is 2.59. The van der Waals surface area contributed by atoms with E-state index in [1.165, 1.54) is 0 Å². The Morgan fingerprint density at radius 2 is 2.12 bits per heavy atom.